The first kappa shape index (κ1) is 21.7. The van der Waals surface area contributed by atoms with Crippen molar-refractivity contribution in [3.05, 3.63) is 76.9 Å². The Morgan fingerprint density at radius 3 is 2.65 bits per heavy atom. The van der Waals surface area contributed by atoms with Crippen LogP contribution in [0.3, 0.4) is 0 Å². The number of hydrogen-bond acceptors (Lipinski definition) is 5. The van der Waals surface area contributed by atoms with Crippen LogP contribution in [0, 0.1) is 0 Å². The number of nitrogens with one attached hydrogen (secondary N) is 1. The number of thioether (sulfide) groups is 1. The lowest BCUT2D eigenvalue weighted by Gasteiger charge is -2.14. The summed E-state index contributed by atoms with van der Waals surface area (Å²) >= 11 is 7.40. The van der Waals surface area contributed by atoms with Gasteiger partial charge in [0.05, 0.1) is 16.2 Å². The van der Waals surface area contributed by atoms with Crippen LogP contribution >= 0.6 is 23.4 Å². The predicted octanol–water partition coefficient (Wildman–Crippen LogP) is 5.27. The molecule has 2 aromatic carbocycles. The number of rotatable bonds is 7. The van der Waals surface area contributed by atoms with Crippen molar-refractivity contribution in [3.63, 3.8) is 0 Å². The van der Waals surface area contributed by atoms with E-state index in [1.165, 1.54) is 22.9 Å². The molecule has 0 radical (unpaired) electrons. The van der Waals surface area contributed by atoms with Crippen molar-refractivity contribution in [2.45, 2.75) is 24.2 Å². The maximum absolute atomic E-state index is 12.2. The molecule has 3 aromatic rings. The van der Waals surface area contributed by atoms with Crippen molar-refractivity contribution >= 4 is 29.3 Å². The largest absolute Gasteiger partial charge is 0.359 e. The van der Waals surface area contributed by atoms with Crippen LogP contribution in [-0.2, 0) is 17.9 Å². The van der Waals surface area contributed by atoms with Gasteiger partial charge in [0.2, 0.25) is 0 Å². The van der Waals surface area contributed by atoms with Gasteiger partial charge in [0.25, 0.3) is 5.91 Å². The smallest absolute Gasteiger partial charge is 0.257 e. The molecular weight excluding hydrogens is 430 g/mol. The van der Waals surface area contributed by atoms with Gasteiger partial charge in [-0.1, -0.05) is 59.8 Å². The molecule has 4 rings (SSSR count). The van der Waals surface area contributed by atoms with E-state index in [4.69, 9.17) is 16.1 Å². The highest BCUT2D eigenvalue weighted by molar-refractivity contribution is 8.05. The third kappa shape index (κ3) is 5.39. The Hall–Kier alpha value is -2.54. The standard InChI is InChI=1S/C24H24ClN3O2S/c1-28(2)15-18-5-3-4-6-20(18)16-7-9-17(10-8-16)21-13-19(30-27-21)14-26-24(29)22-11-12-23(25)31-22/h3-11,13,23H,12,14-15H2,1-2H3,(H,26,29). The number of alkyl halides is 1. The third-order valence-corrected chi connectivity index (χ3v) is 6.44. The van der Waals surface area contributed by atoms with E-state index in [0.717, 1.165) is 23.4 Å². The van der Waals surface area contributed by atoms with Gasteiger partial charge in [0.15, 0.2) is 5.76 Å². The first-order chi connectivity index (χ1) is 15.0. The summed E-state index contributed by atoms with van der Waals surface area (Å²) in [5, 5.41) is 7.01. The van der Waals surface area contributed by atoms with E-state index < -0.39 is 0 Å². The SMILES string of the molecule is CN(C)Cc1ccccc1-c1ccc(-c2cc(CNC(=O)C3=CCC(Cl)S3)on2)cc1. The Bertz CT molecular complexity index is 1090. The van der Waals surface area contributed by atoms with E-state index in [1.807, 2.05) is 24.3 Å². The van der Waals surface area contributed by atoms with Gasteiger partial charge < -0.3 is 14.7 Å². The number of hydrogen-bond donors (Lipinski definition) is 1. The van der Waals surface area contributed by atoms with E-state index in [-0.39, 0.29) is 17.2 Å². The Labute approximate surface area is 191 Å². The zero-order valence-corrected chi connectivity index (χ0v) is 19.0. The number of halogens is 1. The minimum atomic E-state index is -0.133. The van der Waals surface area contributed by atoms with Crippen LogP contribution in [0.1, 0.15) is 17.7 Å². The van der Waals surface area contributed by atoms with Crippen LogP contribution in [0.5, 0.6) is 0 Å². The Balaban J connectivity index is 1.42. The molecule has 1 aliphatic heterocycles. The molecule has 0 saturated carbocycles. The number of amides is 1. The summed E-state index contributed by atoms with van der Waals surface area (Å²) in [6.07, 6.45) is 2.57. The van der Waals surface area contributed by atoms with Crippen molar-refractivity contribution in [1.82, 2.24) is 15.4 Å². The number of carbonyl (C=O) groups excluding carboxylic acids is 1. The van der Waals surface area contributed by atoms with Crippen LogP contribution in [0.15, 0.2) is 70.1 Å². The fourth-order valence-electron chi connectivity index (χ4n) is 3.47. The zero-order valence-electron chi connectivity index (χ0n) is 17.5. The van der Waals surface area contributed by atoms with Gasteiger partial charge in [-0.05, 0) is 37.2 Å². The molecular formula is C24H24ClN3O2S. The molecule has 1 aliphatic rings. The summed E-state index contributed by atoms with van der Waals surface area (Å²) in [5.74, 6) is 0.474. The molecule has 5 nitrogen and oxygen atoms in total. The molecule has 7 heteroatoms. The number of allylic oxidation sites excluding steroid dienone is 1. The van der Waals surface area contributed by atoms with Gasteiger partial charge in [-0.2, -0.15) is 0 Å². The average molecular weight is 454 g/mol. The first-order valence-electron chi connectivity index (χ1n) is 10.1. The van der Waals surface area contributed by atoms with Crippen LogP contribution in [0.2, 0.25) is 0 Å². The van der Waals surface area contributed by atoms with Gasteiger partial charge in [-0.25, -0.2) is 0 Å². The van der Waals surface area contributed by atoms with Crippen molar-refractivity contribution in [3.8, 4) is 22.4 Å². The highest BCUT2D eigenvalue weighted by Crippen LogP contribution is 2.34. The summed E-state index contributed by atoms with van der Waals surface area (Å²) in [6, 6.07) is 18.6. The molecule has 1 unspecified atom stereocenters. The van der Waals surface area contributed by atoms with Crippen LogP contribution < -0.4 is 5.32 Å². The highest BCUT2D eigenvalue weighted by Gasteiger charge is 2.21. The first-order valence-corrected chi connectivity index (χ1v) is 11.4. The van der Waals surface area contributed by atoms with Gasteiger partial charge >= 0.3 is 0 Å². The minimum absolute atomic E-state index is 0.0598. The van der Waals surface area contributed by atoms with E-state index in [2.05, 4.69) is 65.9 Å². The molecule has 160 valence electrons. The quantitative estimate of drug-likeness (QED) is 0.494. The van der Waals surface area contributed by atoms with Crippen molar-refractivity contribution in [1.29, 1.82) is 0 Å². The highest BCUT2D eigenvalue weighted by atomic mass is 35.5. The lowest BCUT2D eigenvalue weighted by Crippen LogP contribution is -2.22. The van der Waals surface area contributed by atoms with Crippen LogP contribution in [-0.4, -0.2) is 34.8 Å². The van der Waals surface area contributed by atoms with E-state index >= 15 is 0 Å². The molecule has 0 aliphatic carbocycles. The maximum Gasteiger partial charge on any atom is 0.257 e. The maximum atomic E-state index is 12.2. The fourth-order valence-corrected chi connectivity index (χ4v) is 4.68. The van der Waals surface area contributed by atoms with E-state index in [1.54, 1.807) is 0 Å². The summed E-state index contributed by atoms with van der Waals surface area (Å²) in [5.41, 5.74) is 5.39. The summed E-state index contributed by atoms with van der Waals surface area (Å²) < 4.78 is 5.35. The Morgan fingerprint density at radius 2 is 1.94 bits per heavy atom. The molecule has 1 amide bonds. The summed E-state index contributed by atoms with van der Waals surface area (Å²) in [7, 11) is 4.14. The van der Waals surface area contributed by atoms with E-state index in [0.29, 0.717) is 17.1 Å². The average Bonchev–Trinajstić information content (AvgIpc) is 3.41. The monoisotopic (exact) mass is 453 g/mol. The molecule has 1 N–H and O–H groups in total. The van der Waals surface area contributed by atoms with Crippen LogP contribution in [0.25, 0.3) is 22.4 Å². The summed E-state index contributed by atoms with van der Waals surface area (Å²) in [4.78, 5) is 15.0. The lowest BCUT2D eigenvalue weighted by molar-refractivity contribution is -0.117. The van der Waals surface area contributed by atoms with Gasteiger partial charge in [-0.15, -0.1) is 23.4 Å². The fraction of sp³-hybridized carbons (Fsp3) is 0.250. The second-order valence-corrected chi connectivity index (χ2v) is 9.70. The molecule has 1 aromatic heterocycles. The molecule has 0 fully saturated rings. The summed E-state index contributed by atoms with van der Waals surface area (Å²) in [6.45, 7) is 1.17. The van der Waals surface area contributed by atoms with Crippen molar-refractivity contribution in [2.24, 2.45) is 0 Å². The van der Waals surface area contributed by atoms with Gasteiger partial charge in [-0.3, -0.25) is 4.79 Å². The van der Waals surface area contributed by atoms with Crippen LogP contribution in [0.4, 0.5) is 0 Å². The van der Waals surface area contributed by atoms with E-state index in [9.17, 15) is 4.79 Å². The second kappa shape index (κ2) is 9.73. The predicted molar refractivity (Wildman–Crippen MR) is 127 cm³/mol. The molecule has 31 heavy (non-hydrogen) atoms. The van der Waals surface area contributed by atoms with Crippen molar-refractivity contribution < 1.29 is 9.32 Å². The number of carbonyl (C=O) groups is 1. The minimum Gasteiger partial charge on any atom is -0.359 e. The van der Waals surface area contributed by atoms with Gasteiger partial charge in [0.1, 0.15) is 5.69 Å². The Kier molecular flexibility index (Phi) is 6.80. The zero-order chi connectivity index (χ0) is 21.8. The molecule has 0 spiro atoms. The van der Waals surface area contributed by atoms with Gasteiger partial charge in [0, 0.05) is 18.2 Å². The normalized spacial score (nSPS) is 15.9. The lowest BCUT2D eigenvalue weighted by atomic mass is 9.98. The van der Waals surface area contributed by atoms with Crippen molar-refractivity contribution in [2.75, 3.05) is 14.1 Å². The second-order valence-electron chi connectivity index (χ2n) is 7.67. The topological polar surface area (TPSA) is 58.4 Å². The third-order valence-electron chi connectivity index (χ3n) is 4.94. The molecule has 0 bridgehead atoms. The molecule has 1 atom stereocenters. The number of benzene rings is 2. The number of nitrogens with zero attached hydrogens (tertiary/aromatic N) is 2. The molecule has 0 saturated heterocycles. The molecule has 2 heterocycles. The Morgan fingerprint density at radius 1 is 1.19 bits per heavy atom. The number of aromatic nitrogens is 1.